The summed E-state index contributed by atoms with van der Waals surface area (Å²) in [4.78, 5) is 25.0. The SMILES string of the molecule is O=C(O)C1=CCCN(C(=O)OCC2c3ccccc3-c3ccccc32)C1. The fourth-order valence-corrected chi connectivity index (χ4v) is 3.74. The Kier molecular flexibility index (Phi) is 4.21. The van der Waals surface area contributed by atoms with Crippen LogP contribution < -0.4 is 0 Å². The van der Waals surface area contributed by atoms with Crippen molar-refractivity contribution >= 4 is 12.1 Å². The summed E-state index contributed by atoms with van der Waals surface area (Å²) in [6.07, 6.45) is 1.74. The summed E-state index contributed by atoms with van der Waals surface area (Å²) in [5.74, 6) is -0.980. The first-order valence-corrected chi connectivity index (χ1v) is 8.67. The molecule has 0 aromatic heterocycles. The Bertz CT molecular complexity index is 857. The highest BCUT2D eigenvalue weighted by molar-refractivity contribution is 5.88. The summed E-state index contributed by atoms with van der Waals surface area (Å²) in [6, 6.07) is 16.3. The highest BCUT2D eigenvalue weighted by Crippen LogP contribution is 2.44. The standard InChI is InChI=1S/C21H19NO4/c23-20(24)14-6-5-11-22(12-14)21(25)26-13-19-17-9-3-1-7-15(17)16-8-2-4-10-18(16)19/h1-4,6-10,19H,5,11-13H2,(H,23,24). The number of fused-ring (bicyclic) bond motifs is 3. The van der Waals surface area contributed by atoms with E-state index >= 15 is 0 Å². The van der Waals surface area contributed by atoms with Gasteiger partial charge < -0.3 is 14.7 Å². The van der Waals surface area contributed by atoms with E-state index in [0.29, 0.717) is 13.0 Å². The fourth-order valence-electron chi connectivity index (χ4n) is 3.74. The van der Waals surface area contributed by atoms with E-state index in [1.807, 2.05) is 24.3 Å². The van der Waals surface area contributed by atoms with Crippen LogP contribution in [0.25, 0.3) is 11.1 Å². The summed E-state index contributed by atoms with van der Waals surface area (Å²) in [7, 11) is 0. The van der Waals surface area contributed by atoms with E-state index in [-0.39, 0.29) is 24.6 Å². The average Bonchev–Trinajstić information content (AvgIpc) is 3.00. The summed E-state index contributed by atoms with van der Waals surface area (Å²) in [5.41, 5.74) is 4.92. The zero-order chi connectivity index (χ0) is 18.1. The van der Waals surface area contributed by atoms with Gasteiger partial charge in [-0.15, -0.1) is 0 Å². The largest absolute Gasteiger partial charge is 0.478 e. The minimum Gasteiger partial charge on any atom is -0.478 e. The number of carboxylic acid groups (broad SMARTS) is 1. The number of amides is 1. The molecule has 5 nitrogen and oxygen atoms in total. The van der Waals surface area contributed by atoms with Gasteiger partial charge in [0.05, 0.1) is 12.1 Å². The van der Waals surface area contributed by atoms with Crippen LogP contribution in [0.15, 0.2) is 60.2 Å². The number of hydrogen-bond acceptors (Lipinski definition) is 3. The van der Waals surface area contributed by atoms with Gasteiger partial charge in [-0.1, -0.05) is 54.6 Å². The predicted molar refractivity (Wildman–Crippen MR) is 97.0 cm³/mol. The van der Waals surface area contributed by atoms with Crippen molar-refractivity contribution in [2.24, 2.45) is 0 Å². The second kappa shape index (κ2) is 6.67. The number of hydrogen-bond donors (Lipinski definition) is 1. The molecule has 0 spiro atoms. The molecule has 1 aliphatic heterocycles. The van der Waals surface area contributed by atoms with Crippen LogP contribution in [0.4, 0.5) is 4.79 Å². The zero-order valence-electron chi connectivity index (χ0n) is 14.2. The van der Waals surface area contributed by atoms with E-state index in [2.05, 4.69) is 24.3 Å². The topological polar surface area (TPSA) is 66.8 Å². The van der Waals surface area contributed by atoms with Crippen LogP contribution in [-0.4, -0.2) is 41.8 Å². The Morgan fingerprint density at radius 1 is 1.04 bits per heavy atom. The molecule has 1 aliphatic carbocycles. The maximum atomic E-state index is 12.4. The molecular weight excluding hydrogens is 330 g/mol. The van der Waals surface area contributed by atoms with E-state index < -0.39 is 12.1 Å². The molecule has 1 N–H and O–H groups in total. The second-order valence-electron chi connectivity index (χ2n) is 6.55. The van der Waals surface area contributed by atoms with E-state index in [0.717, 1.165) is 11.1 Å². The van der Waals surface area contributed by atoms with Gasteiger partial charge in [-0.25, -0.2) is 9.59 Å². The highest BCUT2D eigenvalue weighted by atomic mass is 16.6. The number of carbonyl (C=O) groups excluding carboxylic acids is 1. The fraction of sp³-hybridized carbons (Fsp3) is 0.238. The minimum atomic E-state index is -0.985. The molecule has 4 rings (SSSR count). The number of carbonyl (C=O) groups is 2. The van der Waals surface area contributed by atoms with Crippen molar-refractivity contribution in [2.75, 3.05) is 19.7 Å². The Morgan fingerprint density at radius 3 is 2.27 bits per heavy atom. The number of rotatable bonds is 3. The second-order valence-corrected chi connectivity index (χ2v) is 6.55. The molecule has 2 aliphatic rings. The average molecular weight is 349 g/mol. The molecule has 0 bridgehead atoms. The Morgan fingerprint density at radius 2 is 1.65 bits per heavy atom. The van der Waals surface area contributed by atoms with Crippen molar-refractivity contribution in [1.82, 2.24) is 4.90 Å². The third kappa shape index (κ3) is 2.86. The number of ether oxygens (including phenoxy) is 1. The molecule has 0 radical (unpaired) electrons. The smallest absolute Gasteiger partial charge is 0.410 e. The number of benzene rings is 2. The first-order chi connectivity index (χ1) is 12.6. The molecule has 5 heteroatoms. The molecule has 1 heterocycles. The zero-order valence-corrected chi connectivity index (χ0v) is 14.2. The van der Waals surface area contributed by atoms with Gasteiger partial charge in [0.1, 0.15) is 6.61 Å². The summed E-state index contributed by atoms with van der Waals surface area (Å²) < 4.78 is 5.57. The van der Waals surface area contributed by atoms with Gasteiger partial charge in [0.2, 0.25) is 0 Å². The molecule has 1 amide bonds. The highest BCUT2D eigenvalue weighted by Gasteiger charge is 2.30. The molecule has 2 aromatic carbocycles. The van der Waals surface area contributed by atoms with Gasteiger partial charge in [0.15, 0.2) is 0 Å². The molecule has 0 fully saturated rings. The summed E-state index contributed by atoms with van der Waals surface area (Å²) in [6.45, 7) is 0.814. The Hall–Kier alpha value is -3.08. The molecule has 0 saturated carbocycles. The van der Waals surface area contributed by atoms with Gasteiger partial charge in [0.25, 0.3) is 0 Å². The lowest BCUT2D eigenvalue weighted by Crippen LogP contribution is -2.38. The van der Waals surface area contributed by atoms with Crippen LogP contribution in [0.2, 0.25) is 0 Å². The molecule has 26 heavy (non-hydrogen) atoms. The van der Waals surface area contributed by atoms with Crippen LogP contribution in [0.5, 0.6) is 0 Å². The molecule has 2 aromatic rings. The summed E-state index contributed by atoms with van der Waals surface area (Å²) >= 11 is 0. The molecule has 132 valence electrons. The van der Waals surface area contributed by atoms with E-state index in [1.165, 1.54) is 16.0 Å². The normalized spacial score (nSPS) is 15.8. The van der Waals surface area contributed by atoms with Gasteiger partial charge in [-0.05, 0) is 28.7 Å². The molecule has 0 atom stereocenters. The van der Waals surface area contributed by atoms with Crippen LogP contribution in [0.1, 0.15) is 23.5 Å². The lowest BCUT2D eigenvalue weighted by atomic mass is 9.98. The van der Waals surface area contributed by atoms with Crippen molar-refractivity contribution in [3.8, 4) is 11.1 Å². The van der Waals surface area contributed by atoms with Crippen molar-refractivity contribution in [1.29, 1.82) is 0 Å². The number of carboxylic acids is 1. The van der Waals surface area contributed by atoms with Gasteiger partial charge in [-0.3, -0.25) is 0 Å². The minimum absolute atomic E-state index is 0.00521. The summed E-state index contributed by atoms with van der Waals surface area (Å²) in [5, 5.41) is 9.11. The van der Waals surface area contributed by atoms with Crippen LogP contribution >= 0.6 is 0 Å². The van der Waals surface area contributed by atoms with Gasteiger partial charge in [0, 0.05) is 12.5 Å². The van der Waals surface area contributed by atoms with E-state index in [9.17, 15) is 9.59 Å². The van der Waals surface area contributed by atoms with Crippen molar-refractivity contribution in [3.63, 3.8) is 0 Å². The van der Waals surface area contributed by atoms with Gasteiger partial charge in [-0.2, -0.15) is 0 Å². The van der Waals surface area contributed by atoms with Gasteiger partial charge >= 0.3 is 12.1 Å². The van der Waals surface area contributed by atoms with Crippen molar-refractivity contribution in [3.05, 3.63) is 71.3 Å². The van der Waals surface area contributed by atoms with Crippen molar-refractivity contribution < 1.29 is 19.4 Å². The lowest BCUT2D eigenvalue weighted by Gasteiger charge is -2.26. The van der Waals surface area contributed by atoms with Crippen LogP contribution in [0, 0.1) is 0 Å². The van der Waals surface area contributed by atoms with Crippen molar-refractivity contribution in [2.45, 2.75) is 12.3 Å². The Labute approximate surface area is 151 Å². The van der Waals surface area contributed by atoms with Crippen LogP contribution in [-0.2, 0) is 9.53 Å². The Balaban J connectivity index is 1.49. The maximum absolute atomic E-state index is 12.4. The first-order valence-electron chi connectivity index (χ1n) is 8.67. The molecule has 0 unspecified atom stereocenters. The quantitative estimate of drug-likeness (QED) is 0.918. The number of aliphatic carboxylic acids is 1. The van der Waals surface area contributed by atoms with E-state index in [4.69, 9.17) is 9.84 Å². The molecular formula is C21H19NO4. The van der Waals surface area contributed by atoms with E-state index in [1.54, 1.807) is 6.08 Å². The molecule has 0 saturated heterocycles. The predicted octanol–water partition coefficient (Wildman–Crippen LogP) is 3.65. The lowest BCUT2D eigenvalue weighted by molar-refractivity contribution is -0.133. The third-order valence-electron chi connectivity index (χ3n) is 5.02. The third-order valence-corrected chi connectivity index (χ3v) is 5.02. The monoisotopic (exact) mass is 349 g/mol. The maximum Gasteiger partial charge on any atom is 0.410 e. The number of nitrogens with zero attached hydrogens (tertiary/aromatic N) is 1. The van der Waals surface area contributed by atoms with Crippen LogP contribution in [0.3, 0.4) is 0 Å². The first kappa shape index (κ1) is 16.4.